The van der Waals surface area contributed by atoms with E-state index in [1.165, 1.54) is 18.9 Å². The van der Waals surface area contributed by atoms with Crippen molar-refractivity contribution in [1.29, 1.82) is 0 Å². The fourth-order valence-electron chi connectivity index (χ4n) is 2.39. The number of aryl methyl sites for hydroxylation is 1. The SMILES string of the molecule is CCCNC(CCc1cccc(F)c1F)C1CC1. The zero-order valence-electron chi connectivity index (χ0n) is 10.9. The molecule has 1 unspecified atom stereocenters. The first-order valence-electron chi connectivity index (χ1n) is 6.88. The van der Waals surface area contributed by atoms with Crippen LogP contribution in [-0.2, 0) is 6.42 Å². The molecule has 1 aromatic carbocycles. The van der Waals surface area contributed by atoms with Gasteiger partial charge in [0, 0.05) is 6.04 Å². The van der Waals surface area contributed by atoms with Crippen molar-refractivity contribution in [3.8, 4) is 0 Å². The third kappa shape index (κ3) is 3.52. The molecule has 1 aliphatic carbocycles. The summed E-state index contributed by atoms with van der Waals surface area (Å²) in [7, 11) is 0. The highest BCUT2D eigenvalue weighted by atomic mass is 19.2. The van der Waals surface area contributed by atoms with Crippen molar-refractivity contribution in [3.63, 3.8) is 0 Å². The highest BCUT2D eigenvalue weighted by molar-refractivity contribution is 5.19. The van der Waals surface area contributed by atoms with Crippen LogP contribution in [0, 0.1) is 17.6 Å². The highest BCUT2D eigenvalue weighted by Gasteiger charge is 2.30. The summed E-state index contributed by atoms with van der Waals surface area (Å²) in [6.45, 7) is 3.15. The Morgan fingerprint density at radius 3 is 2.78 bits per heavy atom. The van der Waals surface area contributed by atoms with E-state index in [0.717, 1.165) is 25.3 Å². The third-order valence-electron chi connectivity index (χ3n) is 3.60. The van der Waals surface area contributed by atoms with Crippen LogP contribution < -0.4 is 5.32 Å². The van der Waals surface area contributed by atoms with Gasteiger partial charge in [-0.25, -0.2) is 8.78 Å². The molecule has 18 heavy (non-hydrogen) atoms. The van der Waals surface area contributed by atoms with Crippen LogP contribution in [0.3, 0.4) is 0 Å². The van der Waals surface area contributed by atoms with Gasteiger partial charge in [-0.05, 0) is 56.2 Å². The van der Waals surface area contributed by atoms with Gasteiger partial charge in [0.15, 0.2) is 11.6 Å². The summed E-state index contributed by atoms with van der Waals surface area (Å²) in [5.41, 5.74) is 0.499. The fourth-order valence-corrected chi connectivity index (χ4v) is 2.39. The second-order valence-corrected chi connectivity index (χ2v) is 5.15. The van der Waals surface area contributed by atoms with E-state index in [1.807, 2.05) is 0 Å². The van der Waals surface area contributed by atoms with Gasteiger partial charge >= 0.3 is 0 Å². The zero-order chi connectivity index (χ0) is 13.0. The van der Waals surface area contributed by atoms with E-state index < -0.39 is 11.6 Å². The smallest absolute Gasteiger partial charge is 0.162 e. The van der Waals surface area contributed by atoms with E-state index in [1.54, 1.807) is 12.1 Å². The summed E-state index contributed by atoms with van der Waals surface area (Å²) >= 11 is 0. The first kappa shape index (κ1) is 13.5. The molecule has 100 valence electrons. The topological polar surface area (TPSA) is 12.0 Å². The summed E-state index contributed by atoms with van der Waals surface area (Å²) < 4.78 is 26.6. The first-order valence-corrected chi connectivity index (χ1v) is 6.88. The summed E-state index contributed by atoms with van der Waals surface area (Å²) in [4.78, 5) is 0. The molecule has 1 N–H and O–H groups in total. The van der Waals surface area contributed by atoms with Crippen LogP contribution in [0.4, 0.5) is 8.78 Å². The van der Waals surface area contributed by atoms with E-state index in [9.17, 15) is 8.78 Å². The fraction of sp³-hybridized carbons (Fsp3) is 0.600. The van der Waals surface area contributed by atoms with Gasteiger partial charge in [-0.15, -0.1) is 0 Å². The maximum atomic E-state index is 13.5. The molecule has 1 saturated carbocycles. The van der Waals surface area contributed by atoms with E-state index in [-0.39, 0.29) is 0 Å². The van der Waals surface area contributed by atoms with Gasteiger partial charge in [0.25, 0.3) is 0 Å². The van der Waals surface area contributed by atoms with Crippen LogP contribution in [0.25, 0.3) is 0 Å². The van der Waals surface area contributed by atoms with Crippen LogP contribution in [0.15, 0.2) is 18.2 Å². The number of benzene rings is 1. The lowest BCUT2D eigenvalue weighted by Crippen LogP contribution is -2.32. The molecule has 0 heterocycles. The molecule has 1 aliphatic rings. The van der Waals surface area contributed by atoms with Crippen LogP contribution in [0.2, 0.25) is 0 Å². The molecular formula is C15H21F2N. The summed E-state index contributed by atoms with van der Waals surface area (Å²) in [5, 5.41) is 3.52. The Balaban J connectivity index is 1.90. The molecule has 0 amide bonds. The average molecular weight is 253 g/mol. The Labute approximate surface area is 108 Å². The molecule has 0 bridgehead atoms. The predicted octanol–water partition coefficient (Wildman–Crippen LogP) is 3.68. The van der Waals surface area contributed by atoms with Crippen molar-refractivity contribution in [2.24, 2.45) is 5.92 Å². The van der Waals surface area contributed by atoms with E-state index >= 15 is 0 Å². The van der Waals surface area contributed by atoms with Crippen molar-refractivity contribution in [2.45, 2.75) is 45.1 Å². The van der Waals surface area contributed by atoms with Crippen molar-refractivity contribution in [1.82, 2.24) is 5.32 Å². The lowest BCUT2D eigenvalue weighted by atomic mass is 10.0. The number of nitrogens with one attached hydrogen (secondary N) is 1. The van der Waals surface area contributed by atoms with Crippen LogP contribution in [-0.4, -0.2) is 12.6 Å². The van der Waals surface area contributed by atoms with Gasteiger partial charge in [-0.2, -0.15) is 0 Å². The van der Waals surface area contributed by atoms with Crippen molar-refractivity contribution >= 4 is 0 Å². The molecule has 0 saturated heterocycles. The van der Waals surface area contributed by atoms with Crippen LogP contribution >= 0.6 is 0 Å². The van der Waals surface area contributed by atoms with Gasteiger partial charge in [-0.3, -0.25) is 0 Å². The number of hydrogen-bond donors (Lipinski definition) is 1. The van der Waals surface area contributed by atoms with Gasteiger partial charge in [0.05, 0.1) is 0 Å². The number of rotatable bonds is 7. The van der Waals surface area contributed by atoms with Crippen molar-refractivity contribution < 1.29 is 8.78 Å². The summed E-state index contributed by atoms with van der Waals surface area (Å²) in [5.74, 6) is -0.673. The Morgan fingerprint density at radius 2 is 2.11 bits per heavy atom. The molecular weight excluding hydrogens is 232 g/mol. The monoisotopic (exact) mass is 253 g/mol. The Bertz CT molecular complexity index is 388. The van der Waals surface area contributed by atoms with Gasteiger partial charge in [0.1, 0.15) is 0 Å². The van der Waals surface area contributed by atoms with Crippen molar-refractivity contribution in [3.05, 3.63) is 35.4 Å². The van der Waals surface area contributed by atoms with E-state index in [4.69, 9.17) is 0 Å². The lowest BCUT2D eigenvalue weighted by Gasteiger charge is -2.18. The minimum Gasteiger partial charge on any atom is -0.314 e. The van der Waals surface area contributed by atoms with Crippen LogP contribution in [0.1, 0.15) is 38.2 Å². The predicted molar refractivity (Wildman–Crippen MR) is 69.5 cm³/mol. The normalized spacial score (nSPS) is 16.8. The van der Waals surface area contributed by atoms with E-state index in [0.29, 0.717) is 18.0 Å². The molecule has 0 aromatic heterocycles. The zero-order valence-corrected chi connectivity index (χ0v) is 10.9. The summed E-state index contributed by atoms with van der Waals surface area (Å²) in [6.07, 6.45) is 5.16. The standard InChI is InChI=1S/C15H21F2N/c1-2-10-18-14(11-6-7-11)9-8-12-4-3-5-13(16)15(12)17/h3-5,11,14,18H,2,6-10H2,1H3. The molecule has 1 aromatic rings. The van der Waals surface area contributed by atoms with Gasteiger partial charge in [-0.1, -0.05) is 19.1 Å². The molecule has 1 fully saturated rings. The van der Waals surface area contributed by atoms with Gasteiger partial charge in [0.2, 0.25) is 0 Å². The van der Waals surface area contributed by atoms with E-state index in [2.05, 4.69) is 12.2 Å². The quantitative estimate of drug-likeness (QED) is 0.781. The molecule has 1 atom stereocenters. The van der Waals surface area contributed by atoms with Gasteiger partial charge < -0.3 is 5.32 Å². The maximum absolute atomic E-state index is 13.5. The van der Waals surface area contributed by atoms with Crippen molar-refractivity contribution in [2.75, 3.05) is 6.54 Å². The largest absolute Gasteiger partial charge is 0.314 e. The molecule has 0 spiro atoms. The Morgan fingerprint density at radius 1 is 1.33 bits per heavy atom. The maximum Gasteiger partial charge on any atom is 0.162 e. The second kappa shape index (κ2) is 6.28. The molecule has 2 rings (SSSR count). The molecule has 1 nitrogen and oxygen atoms in total. The summed E-state index contributed by atoms with van der Waals surface area (Å²) in [6, 6.07) is 4.90. The molecule has 0 aliphatic heterocycles. The number of halogens is 2. The van der Waals surface area contributed by atoms with Crippen LogP contribution in [0.5, 0.6) is 0 Å². The molecule has 0 radical (unpaired) electrons. The highest BCUT2D eigenvalue weighted by Crippen LogP contribution is 2.34. The minimum atomic E-state index is -0.739. The first-order chi connectivity index (χ1) is 8.72. The third-order valence-corrected chi connectivity index (χ3v) is 3.60. The second-order valence-electron chi connectivity index (χ2n) is 5.15. The Hall–Kier alpha value is -0.960. The average Bonchev–Trinajstić information content (AvgIpc) is 3.18. The Kier molecular flexibility index (Phi) is 4.70. The minimum absolute atomic E-state index is 0.465. The lowest BCUT2D eigenvalue weighted by molar-refractivity contribution is 0.428. The number of hydrogen-bond acceptors (Lipinski definition) is 1. The molecule has 3 heteroatoms.